The highest BCUT2D eigenvalue weighted by molar-refractivity contribution is 6.56. The largest absolute Gasteiger partial charge is 0.382 e. The average molecular weight is 389 g/mol. The van der Waals surface area contributed by atoms with Crippen LogP contribution in [0.1, 0.15) is 98.3 Å². The first kappa shape index (κ1) is 22.5. The van der Waals surface area contributed by atoms with E-state index < -0.39 is 8.96 Å². The van der Waals surface area contributed by atoms with Gasteiger partial charge in [-0.15, -0.1) is 0 Å². The molecule has 1 radical (unpaired) electrons. The van der Waals surface area contributed by atoms with Crippen molar-refractivity contribution < 1.29 is 4.79 Å². The van der Waals surface area contributed by atoms with Gasteiger partial charge in [0.05, 0.1) is 5.41 Å². The zero-order chi connectivity index (χ0) is 20.0. The van der Waals surface area contributed by atoms with Gasteiger partial charge in [-0.05, 0) is 56.3 Å². The number of hydrogen-bond donors (Lipinski definition) is 1. The Labute approximate surface area is 170 Å². The molecule has 1 N–H and O–H groups in total. The summed E-state index contributed by atoms with van der Waals surface area (Å²) in [5, 5.41) is 0. The average Bonchev–Trinajstić information content (AvgIpc) is 2.79. The van der Waals surface area contributed by atoms with Crippen molar-refractivity contribution in [2.75, 3.05) is 0 Å². The maximum Gasteiger partial charge on any atom is 0.222 e. The van der Waals surface area contributed by atoms with E-state index in [2.05, 4.69) is 45.8 Å². The SMILES string of the molecule is CC1=C(C)C(C)C(C2(C(=O)N[Si](C)C)CCCCCCCCCCC2)=C1C. The summed E-state index contributed by atoms with van der Waals surface area (Å²) in [5.41, 5.74) is 5.47. The van der Waals surface area contributed by atoms with Crippen LogP contribution in [0.3, 0.4) is 0 Å². The molecule has 1 fully saturated rings. The molecular weight excluding hydrogens is 346 g/mol. The molecule has 3 heteroatoms. The van der Waals surface area contributed by atoms with Gasteiger partial charge in [0.1, 0.15) is 0 Å². The van der Waals surface area contributed by atoms with E-state index in [1.54, 1.807) is 0 Å². The van der Waals surface area contributed by atoms with E-state index in [1.807, 2.05) is 0 Å². The van der Waals surface area contributed by atoms with Crippen molar-refractivity contribution in [3.63, 3.8) is 0 Å². The molecule has 1 unspecified atom stereocenters. The van der Waals surface area contributed by atoms with Crippen molar-refractivity contribution in [2.24, 2.45) is 11.3 Å². The van der Waals surface area contributed by atoms with Gasteiger partial charge in [-0.1, -0.05) is 83.4 Å². The molecule has 0 heterocycles. The number of hydrogen-bond acceptors (Lipinski definition) is 1. The second-order valence-corrected chi connectivity index (χ2v) is 11.5. The van der Waals surface area contributed by atoms with Crippen LogP contribution < -0.4 is 4.98 Å². The van der Waals surface area contributed by atoms with Gasteiger partial charge >= 0.3 is 0 Å². The maximum atomic E-state index is 13.7. The van der Waals surface area contributed by atoms with Crippen molar-refractivity contribution in [1.82, 2.24) is 4.98 Å². The monoisotopic (exact) mass is 388 g/mol. The number of amides is 1. The van der Waals surface area contributed by atoms with Gasteiger partial charge in [0.2, 0.25) is 5.91 Å². The molecule has 0 aromatic heterocycles. The molecule has 2 nitrogen and oxygen atoms in total. The number of carbonyl (C=O) groups excluding carboxylic acids is 1. The molecule has 27 heavy (non-hydrogen) atoms. The minimum atomic E-state index is -0.795. The molecule has 0 spiro atoms. The first-order valence-corrected chi connectivity index (χ1v) is 13.8. The highest BCUT2D eigenvalue weighted by atomic mass is 28.3. The molecule has 0 aromatic rings. The number of rotatable bonds is 3. The van der Waals surface area contributed by atoms with Crippen LogP contribution in [-0.4, -0.2) is 14.9 Å². The minimum Gasteiger partial charge on any atom is -0.382 e. The van der Waals surface area contributed by atoms with Crippen molar-refractivity contribution in [2.45, 2.75) is 111 Å². The predicted octanol–water partition coefficient (Wildman–Crippen LogP) is 6.95. The van der Waals surface area contributed by atoms with Gasteiger partial charge in [-0.2, -0.15) is 0 Å². The molecule has 1 saturated carbocycles. The standard InChI is InChI=1S/C24H42NOSi/c1-18-19(2)21(4)22(20(18)3)24(23(26)25-27(5)6)16-14-12-10-8-7-9-11-13-15-17-24/h20H,7-17H2,1-6H3,(H,25,26). The van der Waals surface area contributed by atoms with Crippen LogP contribution in [0.2, 0.25) is 13.1 Å². The second kappa shape index (κ2) is 10.1. The maximum absolute atomic E-state index is 13.7. The molecule has 1 amide bonds. The lowest BCUT2D eigenvalue weighted by Gasteiger charge is -2.38. The highest BCUT2D eigenvalue weighted by Crippen LogP contribution is 2.51. The summed E-state index contributed by atoms with van der Waals surface area (Å²) in [6.45, 7) is 13.5. The van der Waals surface area contributed by atoms with E-state index in [1.165, 1.54) is 80.1 Å². The fraction of sp³-hybridized carbons (Fsp3) is 0.792. The van der Waals surface area contributed by atoms with Gasteiger partial charge in [-0.25, -0.2) is 0 Å². The van der Waals surface area contributed by atoms with Gasteiger partial charge < -0.3 is 4.98 Å². The van der Waals surface area contributed by atoms with Crippen LogP contribution in [0.4, 0.5) is 0 Å². The van der Waals surface area contributed by atoms with Gasteiger partial charge in [0.15, 0.2) is 8.96 Å². The summed E-state index contributed by atoms with van der Waals surface area (Å²) in [6.07, 6.45) is 13.8. The summed E-state index contributed by atoms with van der Waals surface area (Å²) >= 11 is 0. The number of nitrogens with one attached hydrogen (secondary N) is 1. The Bertz CT molecular complexity index is 575. The minimum absolute atomic E-state index is 0.288. The van der Waals surface area contributed by atoms with Crippen molar-refractivity contribution in [1.29, 1.82) is 0 Å². The molecule has 0 saturated heterocycles. The smallest absolute Gasteiger partial charge is 0.222 e. The molecule has 0 aromatic carbocycles. The Balaban J connectivity index is 2.42. The Morgan fingerprint density at radius 2 is 1.30 bits per heavy atom. The van der Waals surface area contributed by atoms with E-state index in [9.17, 15) is 4.79 Å². The first-order chi connectivity index (χ1) is 12.8. The lowest BCUT2D eigenvalue weighted by Crippen LogP contribution is -2.47. The van der Waals surface area contributed by atoms with E-state index in [0.717, 1.165) is 12.8 Å². The van der Waals surface area contributed by atoms with Crippen molar-refractivity contribution in [3.8, 4) is 0 Å². The lowest BCUT2D eigenvalue weighted by molar-refractivity contribution is -0.128. The van der Waals surface area contributed by atoms with Crippen molar-refractivity contribution >= 4 is 14.9 Å². The van der Waals surface area contributed by atoms with Crippen LogP contribution in [0, 0.1) is 11.3 Å². The molecule has 0 bridgehead atoms. The van der Waals surface area contributed by atoms with Crippen LogP contribution >= 0.6 is 0 Å². The Kier molecular flexibility index (Phi) is 8.39. The van der Waals surface area contributed by atoms with Gasteiger partial charge in [-0.3, -0.25) is 4.79 Å². The van der Waals surface area contributed by atoms with E-state index >= 15 is 0 Å². The molecule has 0 aliphatic heterocycles. The van der Waals surface area contributed by atoms with Gasteiger partial charge in [0.25, 0.3) is 0 Å². The predicted molar refractivity (Wildman–Crippen MR) is 119 cm³/mol. The normalized spacial score (nSPS) is 25.4. The van der Waals surface area contributed by atoms with E-state index in [0.29, 0.717) is 11.8 Å². The summed E-state index contributed by atoms with van der Waals surface area (Å²) in [7, 11) is -0.795. The van der Waals surface area contributed by atoms with Gasteiger partial charge in [0, 0.05) is 0 Å². The zero-order valence-corrected chi connectivity index (χ0v) is 19.8. The molecule has 1 atom stereocenters. The third-order valence-corrected chi connectivity index (χ3v) is 7.89. The molecule has 2 aliphatic rings. The third kappa shape index (κ3) is 5.16. The molecular formula is C24H42NOSi. The number of carbonyl (C=O) groups is 1. The Morgan fingerprint density at radius 1 is 0.852 bits per heavy atom. The fourth-order valence-electron chi connectivity index (χ4n) is 5.32. The van der Waals surface area contributed by atoms with Crippen molar-refractivity contribution in [3.05, 3.63) is 22.3 Å². The Hall–Kier alpha value is -0.833. The van der Waals surface area contributed by atoms with Crippen LogP contribution in [0.25, 0.3) is 0 Å². The summed E-state index contributed by atoms with van der Waals surface area (Å²) in [5.74, 6) is 0.746. The molecule has 153 valence electrons. The van der Waals surface area contributed by atoms with Crippen LogP contribution in [0.15, 0.2) is 22.3 Å². The van der Waals surface area contributed by atoms with Crippen LogP contribution in [0.5, 0.6) is 0 Å². The number of allylic oxidation sites excluding steroid dienone is 3. The summed E-state index contributed by atoms with van der Waals surface area (Å²) in [6, 6.07) is 0. The lowest BCUT2D eigenvalue weighted by atomic mass is 9.67. The topological polar surface area (TPSA) is 29.1 Å². The molecule has 2 aliphatic carbocycles. The quantitative estimate of drug-likeness (QED) is 0.521. The third-order valence-electron chi connectivity index (χ3n) is 7.16. The van der Waals surface area contributed by atoms with E-state index in [-0.39, 0.29) is 5.41 Å². The summed E-state index contributed by atoms with van der Waals surface area (Å²) in [4.78, 5) is 17.1. The second-order valence-electron chi connectivity index (χ2n) is 9.29. The first-order valence-electron chi connectivity index (χ1n) is 11.3. The highest BCUT2D eigenvalue weighted by Gasteiger charge is 2.46. The van der Waals surface area contributed by atoms with Crippen LogP contribution in [-0.2, 0) is 4.79 Å². The summed E-state index contributed by atoms with van der Waals surface area (Å²) < 4.78 is 0. The zero-order valence-electron chi connectivity index (χ0n) is 18.8. The van der Waals surface area contributed by atoms with E-state index in [4.69, 9.17) is 0 Å². The fourth-order valence-corrected chi connectivity index (χ4v) is 6.01. The Morgan fingerprint density at radius 3 is 1.67 bits per heavy atom. The molecule has 2 rings (SSSR count).